The van der Waals surface area contributed by atoms with Gasteiger partial charge in [0.15, 0.2) is 6.10 Å². The number of carbonyl (C=O) groups excluding carboxylic acids is 2. The molecule has 0 heterocycles. The molecule has 0 fully saturated rings. The maximum absolute atomic E-state index is 12.4. The molecule has 0 radical (unpaired) electrons. The molecule has 0 saturated carbocycles. The molecule has 2 aromatic rings. The summed E-state index contributed by atoms with van der Waals surface area (Å²) >= 11 is 0. The summed E-state index contributed by atoms with van der Waals surface area (Å²) in [4.78, 5) is 24.2. The van der Waals surface area contributed by atoms with Crippen LogP contribution in [0.4, 0.5) is 5.69 Å². The highest BCUT2D eigenvalue weighted by molar-refractivity contribution is 5.96. The summed E-state index contributed by atoms with van der Waals surface area (Å²) in [6.07, 6.45) is -0.652. The van der Waals surface area contributed by atoms with Gasteiger partial charge in [0, 0.05) is 5.69 Å². The number of hydrogen-bond acceptors (Lipinski definition) is 4. The van der Waals surface area contributed by atoms with Crippen molar-refractivity contribution in [3.63, 3.8) is 0 Å². The van der Waals surface area contributed by atoms with Crippen LogP contribution in [0.15, 0.2) is 36.4 Å². The first-order chi connectivity index (χ1) is 12.3. The van der Waals surface area contributed by atoms with E-state index in [0.717, 1.165) is 16.7 Å². The first-order valence-electron chi connectivity index (χ1n) is 8.63. The van der Waals surface area contributed by atoms with Crippen molar-refractivity contribution in [3.8, 4) is 5.75 Å². The summed E-state index contributed by atoms with van der Waals surface area (Å²) in [5.41, 5.74) is 4.04. The second kappa shape index (κ2) is 8.52. The van der Waals surface area contributed by atoms with E-state index >= 15 is 0 Å². The molecule has 1 N–H and O–H groups in total. The second-order valence-electron chi connectivity index (χ2n) is 6.32. The molecular weight excluding hydrogens is 330 g/mol. The zero-order chi connectivity index (χ0) is 19.3. The lowest BCUT2D eigenvalue weighted by molar-refractivity contribution is -0.122. The summed E-state index contributed by atoms with van der Waals surface area (Å²) in [7, 11) is 0. The lowest BCUT2D eigenvalue weighted by atomic mass is 10.1. The molecule has 2 rings (SSSR count). The molecule has 1 amide bonds. The van der Waals surface area contributed by atoms with Gasteiger partial charge in [0.2, 0.25) is 0 Å². The lowest BCUT2D eigenvalue weighted by Gasteiger charge is -2.17. The standard InChI is InChI=1S/C21H25NO4/c1-6-25-21(24)17-7-8-19(15(4)12-17)22-20(23)16(5)26-18-10-13(2)9-14(3)11-18/h7-12,16H,6H2,1-5H3,(H,22,23)/t16-/m1/s1. The number of aryl methyl sites for hydroxylation is 3. The van der Waals surface area contributed by atoms with Crippen molar-refractivity contribution in [3.05, 3.63) is 58.7 Å². The van der Waals surface area contributed by atoms with Gasteiger partial charge in [-0.05, 0) is 81.6 Å². The molecule has 0 saturated heterocycles. The Balaban J connectivity index is 2.05. The van der Waals surface area contributed by atoms with E-state index in [0.29, 0.717) is 23.6 Å². The summed E-state index contributed by atoms with van der Waals surface area (Å²) in [6, 6.07) is 10.9. The van der Waals surface area contributed by atoms with Gasteiger partial charge in [-0.1, -0.05) is 6.07 Å². The van der Waals surface area contributed by atoms with Crippen LogP contribution >= 0.6 is 0 Å². The Labute approximate surface area is 154 Å². The zero-order valence-corrected chi connectivity index (χ0v) is 15.9. The third kappa shape index (κ3) is 5.09. The predicted octanol–water partition coefficient (Wildman–Crippen LogP) is 4.19. The highest BCUT2D eigenvalue weighted by Crippen LogP contribution is 2.20. The van der Waals surface area contributed by atoms with E-state index in [9.17, 15) is 9.59 Å². The van der Waals surface area contributed by atoms with Crippen LogP contribution in [0.3, 0.4) is 0 Å². The second-order valence-corrected chi connectivity index (χ2v) is 6.32. The molecule has 26 heavy (non-hydrogen) atoms. The number of esters is 1. The third-order valence-corrected chi connectivity index (χ3v) is 3.87. The average Bonchev–Trinajstić information content (AvgIpc) is 2.55. The minimum atomic E-state index is -0.652. The van der Waals surface area contributed by atoms with Crippen molar-refractivity contribution in [2.75, 3.05) is 11.9 Å². The van der Waals surface area contributed by atoms with Crippen LogP contribution in [-0.2, 0) is 9.53 Å². The molecule has 138 valence electrons. The van der Waals surface area contributed by atoms with Crippen LogP contribution in [0.5, 0.6) is 5.75 Å². The monoisotopic (exact) mass is 355 g/mol. The van der Waals surface area contributed by atoms with Gasteiger partial charge >= 0.3 is 5.97 Å². The summed E-state index contributed by atoms with van der Waals surface area (Å²) in [5.74, 6) is 0.0377. The lowest BCUT2D eigenvalue weighted by Crippen LogP contribution is -2.30. The van der Waals surface area contributed by atoms with Gasteiger partial charge in [-0.15, -0.1) is 0 Å². The number of nitrogens with one attached hydrogen (secondary N) is 1. The van der Waals surface area contributed by atoms with E-state index in [2.05, 4.69) is 5.32 Å². The quantitative estimate of drug-likeness (QED) is 0.789. The molecule has 2 aromatic carbocycles. The van der Waals surface area contributed by atoms with E-state index < -0.39 is 6.10 Å². The van der Waals surface area contributed by atoms with E-state index in [1.165, 1.54) is 0 Å². The molecule has 0 bridgehead atoms. The molecule has 0 unspecified atom stereocenters. The first kappa shape index (κ1) is 19.5. The maximum Gasteiger partial charge on any atom is 0.338 e. The zero-order valence-electron chi connectivity index (χ0n) is 15.9. The van der Waals surface area contributed by atoms with Crippen molar-refractivity contribution in [1.29, 1.82) is 0 Å². The Morgan fingerprint density at radius 2 is 1.69 bits per heavy atom. The largest absolute Gasteiger partial charge is 0.481 e. The van der Waals surface area contributed by atoms with E-state index in [1.807, 2.05) is 39.0 Å². The SMILES string of the molecule is CCOC(=O)c1ccc(NC(=O)[C@@H](C)Oc2cc(C)cc(C)c2)c(C)c1. The first-order valence-corrected chi connectivity index (χ1v) is 8.63. The maximum atomic E-state index is 12.4. The fraction of sp³-hybridized carbons (Fsp3) is 0.333. The number of benzene rings is 2. The van der Waals surface area contributed by atoms with Crippen molar-refractivity contribution in [1.82, 2.24) is 0 Å². The fourth-order valence-corrected chi connectivity index (χ4v) is 2.64. The van der Waals surface area contributed by atoms with Gasteiger partial charge in [-0.25, -0.2) is 4.79 Å². The van der Waals surface area contributed by atoms with E-state index in [1.54, 1.807) is 32.0 Å². The Kier molecular flexibility index (Phi) is 6.39. The minimum absolute atomic E-state index is 0.254. The number of amides is 1. The topological polar surface area (TPSA) is 64.6 Å². The molecular formula is C21H25NO4. The van der Waals surface area contributed by atoms with E-state index in [4.69, 9.17) is 9.47 Å². The Hall–Kier alpha value is -2.82. The van der Waals surface area contributed by atoms with Gasteiger partial charge in [0.25, 0.3) is 5.91 Å². The van der Waals surface area contributed by atoms with Crippen molar-refractivity contribution in [2.24, 2.45) is 0 Å². The van der Waals surface area contributed by atoms with Gasteiger partial charge in [0.05, 0.1) is 12.2 Å². The van der Waals surface area contributed by atoms with Crippen LogP contribution in [0.2, 0.25) is 0 Å². The molecule has 0 aliphatic heterocycles. The summed E-state index contributed by atoms with van der Waals surface area (Å²) in [6.45, 7) is 9.58. The Morgan fingerprint density at radius 3 is 2.27 bits per heavy atom. The number of anilines is 1. The molecule has 5 nitrogen and oxygen atoms in total. The van der Waals surface area contributed by atoms with Gasteiger partial charge < -0.3 is 14.8 Å². The van der Waals surface area contributed by atoms with Crippen molar-refractivity contribution >= 4 is 17.6 Å². The normalized spacial score (nSPS) is 11.6. The average molecular weight is 355 g/mol. The molecule has 0 aromatic heterocycles. The smallest absolute Gasteiger partial charge is 0.338 e. The fourth-order valence-electron chi connectivity index (χ4n) is 2.64. The molecule has 5 heteroatoms. The minimum Gasteiger partial charge on any atom is -0.481 e. The van der Waals surface area contributed by atoms with Gasteiger partial charge in [0.1, 0.15) is 5.75 Å². The summed E-state index contributed by atoms with van der Waals surface area (Å²) < 4.78 is 10.7. The predicted molar refractivity (Wildman–Crippen MR) is 102 cm³/mol. The Bertz CT molecular complexity index is 793. The Morgan fingerprint density at radius 1 is 1.04 bits per heavy atom. The number of ether oxygens (including phenoxy) is 2. The van der Waals surface area contributed by atoms with Crippen molar-refractivity contribution < 1.29 is 19.1 Å². The highest BCUT2D eigenvalue weighted by Gasteiger charge is 2.17. The van der Waals surface area contributed by atoms with Crippen molar-refractivity contribution in [2.45, 2.75) is 40.7 Å². The van der Waals surface area contributed by atoms with E-state index in [-0.39, 0.29) is 11.9 Å². The number of carbonyl (C=O) groups is 2. The van der Waals surface area contributed by atoms with Crippen LogP contribution < -0.4 is 10.1 Å². The van der Waals surface area contributed by atoms with Crippen LogP contribution in [0.25, 0.3) is 0 Å². The van der Waals surface area contributed by atoms with Crippen LogP contribution in [0.1, 0.15) is 40.9 Å². The number of hydrogen-bond donors (Lipinski definition) is 1. The molecule has 0 aliphatic carbocycles. The van der Waals surface area contributed by atoms with Crippen LogP contribution in [-0.4, -0.2) is 24.6 Å². The van der Waals surface area contributed by atoms with Gasteiger partial charge in [-0.2, -0.15) is 0 Å². The number of rotatable bonds is 6. The van der Waals surface area contributed by atoms with Crippen LogP contribution in [0, 0.1) is 20.8 Å². The summed E-state index contributed by atoms with van der Waals surface area (Å²) in [5, 5.41) is 2.84. The molecule has 1 atom stereocenters. The third-order valence-electron chi connectivity index (χ3n) is 3.87. The highest BCUT2D eigenvalue weighted by atomic mass is 16.5. The molecule has 0 spiro atoms. The molecule has 0 aliphatic rings. The van der Waals surface area contributed by atoms with Gasteiger partial charge in [-0.3, -0.25) is 4.79 Å².